The Labute approximate surface area is 111 Å². The summed E-state index contributed by atoms with van der Waals surface area (Å²) in [5.41, 5.74) is 0.514. The summed E-state index contributed by atoms with van der Waals surface area (Å²) in [6, 6.07) is 2.50. The molecule has 3 nitrogen and oxygen atoms in total. The summed E-state index contributed by atoms with van der Waals surface area (Å²) < 4.78 is 37.1. The fourth-order valence-corrected chi connectivity index (χ4v) is 1.44. The highest BCUT2D eigenvalue weighted by molar-refractivity contribution is 5.31. The van der Waals surface area contributed by atoms with E-state index in [4.69, 9.17) is 9.47 Å². The van der Waals surface area contributed by atoms with E-state index in [9.17, 15) is 8.78 Å². The fraction of sp³-hybridized carbons (Fsp3) is 0.429. The number of ether oxygens (including phenoxy) is 2. The first kappa shape index (κ1) is 15.4. The third kappa shape index (κ3) is 5.25. The van der Waals surface area contributed by atoms with Gasteiger partial charge in [0.25, 0.3) is 0 Å². The number of methoxy groups -OCH3 is 1. The van der Waals surface area contributed by atoms with Crippen LogP contribution in [0.25, 0.3) is 0 Å². The molecule has 1 aromatic carbocycles. The molecule has 0 radical (unpaired) electrons. The zero-order valence-electron chi connectivity index (χ0n) is 11.1. The minimum Gasteiger partial charge on any atom is -0.475 e. The summed E-state index contributed by atoms with van der Waals surface area (Å²) in [6.45, 7) is 3.12. The van der Waals surface area contributed by atoms with Gasteiger partial charge in [-0.25, -0.2) is 8.78 Å². The van der Waals surface area contributed by atoms with E-state index in [1.807, 2.05) is 0 Å². The van der Waals surface area contributed by atoms with E-state index in [1.54, 1.807) is 14.0 Å². The van der Waals surface area contributed by atoms with Crippen molar-refractivity contribution in [2.75, 3.05) is 26.9 Å². The lowest BCUT2D eigenvalue weighted by Crippen LogP contribution is -2.18. The van der Waals surface area contributed by atoms with E-state index in [-0.39, 0.29) is 12.4 Å². The molecule has 0 unspecified atom stereocenters. The minimum absolute atomic E-state index is 0.0320. The highest BCUT2D eigenvalue weighted by Gasteiger charge is 2.12. The van der Waals surface area contributed by atoms with Gasteiger partial charge in [-0.3, -0.25) is 0 Å². The Hall–Kier alpha value is -1.64. The largest absolute Gasteiger partial charge is 0.475 e. The van der Waals surface area contributed by atoms with Crippen LogP contribution in [0.4, 0.5) is 8.78 Å². The summed E-state index contributed by atoms with van der Waals surface area (Å²) in [6.07, 6.45) is 0. The summed E-state index contributed by atoms with van der Waals surface area (Å²) in [5.74, 6) is 3.34. The van der Waals surface area contributed by atoms with Crippen molar-refractivity contribution in [1.29, 1.82) is 0 Å². The van der Waals surface area contributed by atoms with Crippen LogP contribution in [0.15, 0.2) is 12.1 Å². The highest BCUT2D eigenvalue weighted by atomic mass is 19.1. The van der Waals surface area contributed by atoms with Crippen molar-refractivity contribution in [3.8, 4) is 17.6 Å². The first-order chi connectivity index (χ1) is 9.19. The van der Waals surface area contributed by atoms with Gasteiger partial charge in [0.1, 0.15) is 6.61 Å². The van der Waals surface area contributed by atoms with Crippen molar-refractivity contribution in [3.05, 3.63) is 29.3 Å². The van der Waals surface area contributed by atoms with E-state index >= 15 is 0 Å². The van der Waals surface area contributed by atoms with Crippen molar-refractivity contribution < 1.29 is 18.3 Å². The van der Waals surface area contributed by atoms with Crippen LogP contribution in [0.2, 0.25) is 0 Å². The topological polar surface area (TPSA) is 30.5 Å². The van der Waals surface area contributed by atoms with Gasteiger partial charge in [0.2, 0.25) is 0 Å². The molecule has 0 aliphatic heterocycles. The van der Waals surface area contributed by atoms with Gasteiger partial charge in [0.15, 0.2) is 17.4 Å². The highest BCUT2D eigenvalue weighted by Crippen LogP contribution is 2.23. The van der Waals surface area contributed by atoms with Crippen LogP contribution in [0.1, 0.15) is 12.5 Å². The number of halogens is 2. The van der Waals surface area contributed by atoms with Crippen LogP contribution < -0.4 is 10.1 Å². The number of benzene rings is 1. The molecule has 0 heterocycles. The van der Waals surface area contributed by atoms with Crippen molar-refractivity contribution in [2.45, 2.75) is 13.5 Å². The molecule has 1 rings (SSSR count). The normalized spacial score (nSPS) is 9.89. The molecule has 0 bridgehead atoms. The second-order valence-electron chi connectivity index (χ2n) is 3.77. The van der Waals surface area contributed by atoms with Crippen molar-refractivity contribution in [1.82, 2.24) is 5.32 Å². The molecular formula is C14H17F2NO2. The molecule has 0 saturated heterocycles. The predicted molar refractivity (Wildman–Crippen MR) is 68.9 cm³/mol. The smallest absolute Gasteiger partial charge is 0.192 e. The Kier molecular flexibility index (Phi) is 6.86. The summed E-state index contributed by atoms with van der Waals surface area (Å²) in [4.78, 5) is 0. The fourth-order valence-electron chi connectivity index (χ4n) is 1.44. The SMILES string of the molecule is CC#CCOc1c(F)cc(CNCCOC)cc1F. The second kappa shape index (κ2) is 8.46. The number of rotatable bonds is 7. The van der Waals surface area contributed by atoms with Crippen molar-refractivity contribution in [2.24, 2.45) is 0 Å². The summed E-state index contributed by atoms with van der Waals surface area (Å²) in [7, 11) is 1.59. The maximum atomic E-state index is 13.6. The summed E-state index contributed by atoms with van der Waals surface area (Å²) >= 11 is 0. The number of hydrogen-bond donors (Lipinski definition) is 1. The monoisotopic (exact) mass is 269 g/mol. The molecule has 1 aromatic rings. The van der Waals surface area contributed by atoms with Gasteiger partial charge in [0, 0.05) is 20.2 Å². The van der Waals surface area contributed by atoms with Gasteiger partial charge < -0.3 is 14.8 Å². The first-order valence-electron chi connectivity index (χ1n) is 5.89. The second-order valence-corrected chi connectivity index (χ2v) is 3.77. The Morgan fingerprint density at radius 3 is 2.53 bits per heavy atom. The zero-order chi connectivity index (χ0) is 14.1. The maximum Gasteiger partial charge on any atom is 0.192 e. The van der Waals surface area contributed by atoms with Crippen LogP contribution in [0.3, 0.4) is 0 Å². The first-order valence-corrected chi connectivity index (χ1v) is 5.89. The lowest BCUT2D eigenvalue weighted by Gasteiger charge is -2.09. The molecule has 0 aromatic heterocycles. The molecule has 5 heteroatoms. The van der Waals surface area contributed by atoms with E-state index in [2.05, 4.69) is 17.2 Å². The standard InChI is InChI=1S/C14H17F2NO2/c1-3-4-6-19-14-12(15)8-11(9-13(14)16)10-17-5-7-18-2/h8-9,17H,5-7,10H2,1-2H3. The van der Waals surface area contributed by atoms with E-state index in [1.165, 1.54) is 12.1 Å². The van der Waals surface area contributed by atoms with E-state index in [0.717, 1.165) is 0 Å². The maximum absolute atomic E-state index is 13.6. The lowest BCUT2D eigenvalue weighted by molar-refractivity contribution is 0.199. The molecule has 1 N–H and O–H groups in total. The third-order valence-electron chi connectivity index (χ3n) is 2.34. The predicted octanol–water partition coefficient (Wildman–Crippen LogP) is 2.10. The van der Waals surface area contributed by atoms with Crippen LogP contribution in [0, 0.1) is 23.5 Å². The van der Waals surface area contributed by atoms with E-state index in [0.29, 0.717) is 25.3 Å². The number of hydrogen-bond acceptors (Lipinski definition) is 3. The molecule has 0 fully saturated rings. The van der Waals surface area contributed by atoms with Crippen LogP contribution >= 0.6 is 0 Å². The minimum atomic E-state index is -0.721. The van der Waals surface area contributed by atoms with Gasteiger partial charge in [-0.15, -0.1) is 5.92 Å². The molecule has 0 spiro atoms. The average molecular weight is 269 g/mol. The average Bonchev–Trinajstić information content (AvgIpc) is 2.38. The molecular weight excluding hydrogens is 252 g/mol. The Bertz CT molecular complexity index is 443. The van der Waals surface area contributed by atoms with Gasteiger partial charge in [-0.2, -0.15) is 0 Å². The van der Waals surface area contributed by atoms with Gasteiger partial charge in [0.05, 0.1) is 6.61 Å². The zero-order valence-corrected chi connectivity index (χ0v) is 11.1. The quantitative estimate of drug-likeness (QED) is 0.607. The van der Waals surface area contributed by atoms with E-state index < -0.39 is 11.6 Å². The molecule has 19 heavy (non-hydrogen) atoms. The Morgan fingerprint density at radius 1 is 1.26 bits per heavy atom. The molecule has 0 saturated carbocycles. The van der Waals surface area contributed by atoms with Gasteiger partial charge in [-0.05, 0) is 24.6 Å². The van der Waals surface area contributed by atoms with Crippen LogP contribution in [-0.4, -0.2) is 26.9 Å². The number of nitrogens with one attached hydrogen (secondary N) is 1. The molecule has 0 aliphatic carbocycles. The van der Waals surface area contributed by atoms with Crippen molar-refractivity contribution in [3.63, 3.8) is 0 Å². The molecule has 0 amide bonds. The van der Waals surface area contributed by atoms with Crippen LogP contribution in [0.5, 0.6) is 5.75 Å². The Balaban J connectivity index is 2.64. The van der Waals surface area contributed by atoms with Gasteiger partial charge in [-0.1, -0.05) is 5.92 Å². The van der Waals surface area contributed by atoms with Crippen LogP contribution in [-0.2, 0) is 11.3 Å². The molecule has 0 aliphatic rings. The van der Waals surface area contributed by atoms with Gasteiger partial charge >= 0.3 is 0 Å². The van der Waals surface area contributed by atoms with Crippen molar-refractivity contribution >= 4 is 0 Å². The molecule has 0 atom stereocenters. The summed E-state index contributed by atoms with van der Waals surface area (Å²) in [5, 5.41) is 3.01. The molecule has 104 valence electrons. The third-order valence-corrected chi connectivity index (χ3v) is 2.34. The Morgan fingerprint density at radius 2 is 1.95 bits per heavy atom. The lowest BCUT2D eigenvalue weighted by atomic mass is 10.2.